The number of carbonyl (C=O) groups is 1. The number of hydrogen-bond donors (Lipinski definition) is 0. The lowest BCUT2D eigenvalue weighted by atomic mass is 9.91. The molecule has 0 aliphatic rings. The van der Waals surface area contributed by atoms with Crippen LogP contribution in [0.3, 0.4) is 0 Å². The summed E-state index contributed by atoms with van der Waals surface area (Å²) in [6.45, 7) is 8.66. The zero-order chi connectivity index (χ0) is 8.85. The van der Waals surface area contributed by atoms with Crippen LogP contribution in [0.2, 0.25) is 0 Å². The molecule has 0 bridgehead atoms. The minimum Gasteiger partial charge on any atom is -0.303 e. The molecule has 0 saturated heterocycles. The van der Waals surface area contributed by atoms with Gasteiger partial charge < -0.3 is 4.79 Å². The topological polar surface area (TPSA) is 17.1 Å². The van der Waals surface area contributed by atoms with E-state index < -0.39 is 0 Å². The molecular weight excluding hydrogens is 136 g/mol. The second-order valence-corrected chi connectivity index (χ2v) is 4.08. The summed E-state index contributed by atoms with van der Waals surface area (Å²) < 4.78 is 0. The monoisotopic (exact) mass is 156 g/mol. The molecule has 0 aromatic rings. The first-order valence-corrected chi connectivity index (χ1v) is 4.51. The highest BCUT2D eigenvalue weighted by Crippen LogP contribution is 2.17. The molecule has 66 valence electrons. The Morgan fingerprint density at radius 2 is 1.64 bits per heavy atom. The van der Waals surface area contributed by atoms with Gasteiger partial charge in [-0.15, -0.1) is 0 Å². The number of aldehydes is 1. The van der Waals surface area contributed by atoms with Gasteiger partial charge in [-0.1, -0.05) is 27.7 Å². The van der Waals surface area contributed by atoms with Crippen LogP contribution in [0.15, 0.2) is 0 Å². The van der Waals surface area contributed by atoms with E-state index in [0.717, 1.165) is 18.6 Å². The third-order valence-corrected chi connectivity index (χ3v) is 1.88. The Labute approximate surface area is 70.2 Å². The van der Waals surface area contributed by atoms with E-state index in [1.165, 1.54) is 6.42 Å². The zero-order valence-electron chi connectivity index (χ0n) is 8.13. The van der Waals surface area contributed by atoms with Gasteiger partial charge in [0.15, 0.2) is 0 Å². The normalized spacial score (nSPS) is 16.5. The van der Waals surface area contributed by atoms with Gasteiger partial charge in [0.25, 0.3) is 0 Å². The average molecular weight is 156 g/mol. The van der Waals surface area contributed by atoms with Crippen LogP contribution in [0.5, 0.6) is 0 Å². The summed E-state index contributed by atoms with van der Waals surface area (Å²) >= 11 is 0. The Morgan fingerprint density at radius 3 is 2.00 bits per heavy atom. The van der Waals surface area contributed by atoms with Crippen molar-refractivity contribution in [2.24, 2.45) is 17.8 Å². The molecule has 1 nitrogen and oxygen atoms in total. The van der Waals surface area contributed by atoms with Crippen molar-refractivity contribution in [2.45, 2.75) is 40.5 Å². The van der Waals surface area contributed by atoms with Crippen molar-refractivity contribution in [1.29, 1.82) is 0 Å². The molecule has 0 radical (unpaired) electrons. The molecule has 0 amide bonds. The van der Waals surface area contributed by atoms with Crippen LogP contribution in [-0.4, -0.2) is 6.29 Å². The summed E-state index contributed by atoms with van der Waals surface area (Å²) in [6, 6.07) is 0. The zero-order valence-corrected chi connectivity index (χ0v) is 8.13. The molecule has 0 spiro atoms. The summed E-state index contributed by atoms with van der Waals surface area (Å²) in [4.78, 5) is 10.3. The maximum atomic E-state index is 10.3. The van der Waals surface area contributed by atoms with Crippen molar-refractivity contribution < 1.29 is 4.79 Å². The van der Waals surface area contributed by atoms with Gasteiger partial charge in [0.05, 0.1) is 0 Å². The van der Waals surface area contributed by atoms with Gasteiger partial charge in [0, 0.05) is 5.92 Å². The van der Waals surface area contributed by atoms with Crippen LogP contribution in [0.25, 0.3) is 0 Å². The molecular formula is C10H20O. The third-order valence-electron chi connectivity index (χ3n) is 1.88. The Kier molecular flexibility index (Phi) is 5.18. The van der Waals surface area contributed by atoms with Crippen LogP contribution in [-0.2, 0) is 4.79 Å². The predicted molar refractivity (Wildman–Crippen MR) is 48.5 cm³/mol. The van der Waals surface area contributed by atoms with E-state index in [0.29, 0.717) is 5.92 Å². The van der Waals surface area contributed by atoms with Crippen molar-refractivity contribution in [3.05, 3.63) is 0 Å². The highest BCUT2D eigenvalue weighted by molar-refractivity contribution is 5.52. The summed E-state index contributed by atoms with van der Waals surface area (Å²) in [6.07, 6.45) is 3.33. The van der Waals surface area contributed by atoms with Gasteiger partial charge in [-0.05, 0) is 24.7 Å². The molecule has 0 aromatic heterocycles. The Bertz CT molecular complexity index is 107. The van der Waals surface area contributed by atoms with E-state index in [1.807, 2.05) is 6.92 Å². The summed E-state index contributed by atoms with van der Waals surface area (Å²) in [5.41, 5.74) is 0. The largest absolute Gasteiger partial charge is 0.303 e. The molecule has 0 aromatic carbocycles. The molecule has 0 N–H and O–H groups in total. The molecule has 0 fully saturated rings. The van der Waals surface area contributed by atoms with Crippen LogP contribution in [0, 0.1) is 17.8 Å². The Hall–Kier alpha value is -0.330. The minimum absolute atomic E-state index is 0.240. The molecule has 0 aliphatic carbocycles. The summed E-state index contributed by atoms with van der Waals surface area (Å²) in [5, 5.41) is 0. The maximum Gasteiger partial charge on any atom is 0.122 e. The lowest BCUT2D eigenvalue weighted by Crippen LogP contribution is -2.06. The Morgan fingerprint density at radius 1 is 1.09 bits per heavy atom. The first kappa shape index (κ1) is 10.7. The minimum atomic E-state index is 0.240. The van der Waals surface area contributed by atoms with E-state index in [-0.39, 0.29) is 5.92 Å². The smallest absolute Gasteiger partial charge is 0.122 e. The first-order valence-electron chi connectivity index (χ1n) is 4.51. The van der Waals surface area contributed by atoms with Gasteiger partial charge in [-0.25, -0.2) is 0 Å². The van der Waals surface area contributed by atoms with Gasteiger partial charge in [0.2, 0.25) is 0 Å². The van der Waals surface area contributed by atoms with Gasteiger partial charge >= 0.3 is 0 Å². The number of hydrogen-bond acceptors (Lipinski definition) is 1. The van der Waals surface area contributed by atoms with Crippen LogP contribution in [0.4, 0.5) is 0 Å². The van der Waals surface area contributed by atoms with E-state index in [9.17, 15) is 4.79 Å². The van der Waals surface area contributed by atoms with Crippen molar-refractivity contribution in [3.8, 4) is 0 Å². The van der Waals surface area contributed by atoms with E-state index >= 15 is 0 Å². The molecule has 0 rings (SSSR count). The maximum absolute atomic E-state index is 10.3. The van der Waals surface area contributed by atoms with Gasteiger partial charge in [-0.3, -0.25) is 0 Å². The molecule has 0 aliphatic heterocycles. The van der Waals surface area contributed by atoms with Crippen molar-refractivity contribution >= 4 is 6.29 Å². The van der Waals surface area contributed by atoms with E-state index in [2.05, 4.69) is 20.8 Å². The second kappa shape index (κ2) is 5.34. The second-order valence-electron chi connectivity index (χ2n) is 4.08. The fourth-order valence-electron chi connectivity index (χ4n) is 1.59. The summed E-state index contributed by atoms with van der Waals surface area (Å²) in [5.74, 6) is 1.68. The molecule has 0 saturated carbocycles. The number of carbonyl (C=O) groups excluding carboxylic acids is 1. The molecule has 1 heteroatoms. The van der Waals surface area contributed by atoms with Gasteiger partial charge in [-0.2, -0.15) is 0 Å². The fraction of sp³-hybridized carbons (Fsp3) is 0.900. The molecule has 2 atom stereocenters. The highest BCUT2D eigenvalue weighted by atomic mass is 16.1. The highest BCUT2D eigenvalue weighted by Gasteiger charge is 2.08. The van der Waals surface area contributed by atoms with E-state index in [1.54, 1.807) is 0 Å². The predicted octanol–water partition coefficient (Wildman–Crippen LogP) is 2.89. The molecule has 11 heavy (non-hydrogen) atoms. The third kappa shape index (κ3) is 6.08. The summed E-state index contributed by atoms with van der Waals surface area (Å²) in [7, 11) is 0. The first-order chi connectivity index (χ1) is 5.06. The quantitative estimate of drug-likeness (QED) is 0.559. The molecule has 0 heterocycles. The van der Waals surface area contributed by atoms with Crippen LogP contribution >= 0.6 is 0 Å². The SMILES string of the molecule is CC(C)CC(C)CC(C)C=O. The lowest BCUT2D eigenvalue weighted by Gasteiger charge is -2.14. The van der Waals surface area contributed by atoms with Crippen molar-refractivity contribution in [2.75, 3.05) is 0 Å². The molecule has 2 unspecified atom stereocenters. The average Bonchev–Trinajstić information content (AvgIpc) is 1.85. The Balaban J connectivity index is 3.51. The fourth-order valence-corrected chi connectivity index (χ4v) is 1.59. The van der Waals surface area contributed by atoms with Crippen LogP contribution < -0.4 is 0 Å². The number of rotatable bonds is 5. The van der Waals surface area contributed by atoms with Gasteiger partial charge in [0.1, 0.15) is 6.29 Å². The van der Waals surface area contributed by atoms with Crippen molar-refractivity contribution in [1.82, 2.24) is 0 Å². The lowest BCUT2D eigenvalue weighted by molar-refractivity contribution is -0.111. The van der Waals surface area contributed by atoms with Crippen molar-refractivity contribution in [3.63, 3.8) is 0 Å². The van der Waals surface area contributed by atoms with Crippen LogP contribution in [0.1, 0.15) is 40.5 Å². The standard InChI is InChI=1S/C10H20O/c1-8(2)5-9(3)6-10(4)7-11/h7-10H,5-6H2,1-4H3. The van der Waals surface area contributed by atoms with E-state index in [4.69, 9.17) is 0 Å².